The summed E-state index contributed by atoms with van der Waals surface area (Å²) >= 11 is 0. The van der Waals surface area contributed by atoms with Crippen molar-refractivity contribution in [2.24, 2.45) is 0 Å². The van der Waals surface area contributed by atoms with Gasteiger partial charge >= 0.3 is 6.09 Å². The van der Waals surface area contributed by atoms with Crippen molar-refractivity contribution in [3.05, 3.63) is 24.2 Å². The number of aromatic nitrogens is 2. The normalized spacial score (nSPS) is 16.6. The first-order valence-corrected chi connectivity index (χ1v) is 6.67. The van der Waals surface area contributed by atoms with Crippen LogP contribution in [0.2, 0.25) is 0 Å². The third-order valence-electron chi connectivity index (χ3n) is 4.01. The number of fused-ring (bicyclic) bond motifs is 1. The molecule has 1 aliphatic rings. The average molecular weight is 275 g/mol. The van der Waals surface area contributed by atoms with Gasteiger partial charge in [0.05, 0.1) is 25.0 Å². The Hall–Kier alpha value is -2.24. The van der Waals surface area contributed by atoms with E-state index in [1.165, 1.54) is 10.5 Å². The Morgan fingerprint density at radius 3 is 2.85 bits per heavy atom. The first-order valence-electron chi connectivity index (χ1n) is 6.67. The highest BCUT2D eigenvalue weighted by atomic mass is 16.5. The molecule has 6 heteroatoms. The Balaban J connectivity index is 1.90. The first-order chi connectivity index (χ1) is 9.70. The smallest absolute Gasteiger partial charge is 0.407 e. The number of H-pyrrole nitrogens is 1. The number of aromatic amines is 1. The third-order valence-corrected chi connectivity index (χ3v) is 4.01. The predicted molar refractivity (Wildman–Crippen MR) is 74.2 cm³/mol. The van der Waals surface area contributed by atoms with E-state index in [0.29, 0.717) is 19.0 Å². The molecule has 20 heavy (non-hydrogen) atoms. The number of nitrogens with one attached hydrogen (secondary N) is 1. The monoisotopic (exact) mass is 275 g/mol. The predicted octanol–water partition coefficient (Wildman–Crippen LogP) is 2.43. The van der Waals surface area contributed by atoms with Crippen LogP contribution in [0.25, 0.3) is 10.9 Å². The summed E-state index contributed by atoms with van der Waals surface area (Å²) < 4.78 is 5.39. The molecule has 2 aromatic heterocycles. The highest BCUT2D eigenvalue weighted by molar-refractivity contribution is 5.88. The average Bonchev–Trinajstić information content (AvgIpc) is 2.91. The summed E-state index contributed by atoms with van der Waals surface area (Å²) in [5, 5.41) is 10.1. The SMILES string of the molecule is COc1cncc2[nH]cc(C3CCN(C(=O)O)CC3)c12. The molecule has 3 rings (SSSR count). The first kappa shape index (κ1) is 12.8. The van der Waals surface area contributed by atoms with Gasteiger partial charge in [0.15, 0.2) is 0 Å². The van der Waals surface area contributed by atoms with Crippen molar-refractivity contribution < 1.29 is 14.6 Å². The zero-order valence-corrected chi connectivity index (χ0v) is 11.3. The van der Waals surface area contributed by atoms with Crippen molar-refractivity contribution >= 4 is 17.0 Å². The van der Waals surface area contributed by atoms with Crippen LogP contribution in [-0.4, -0.2) is 46.3 Å². The van der Waals surface area contributed by atoms with E-state index in [2.05, 4.69) is 9.97 Å². The van der Waals surface area contributed by atoms with Gasteiger partial charge in [0.1, 0.15) is 5.75 Å². The molecule has 1 saturated heterocycles. The Bertz CT molecular complexity index is 630. The van der Waals surface area contributed by atoms with Crippen molar-refractivity contribution in [3.8, 4) is 5.75 Å². The van der Waals surface area contributed by atoms with Gasteiger partial charge in [-0.15, -0.1) is 0 Å². The molecule has 6 nitrogen and oxygen atoms in total. The van der Waals surface area contributed by atoms with E-state index < -0.39 is 6.09 Å². The maximum atomic E-state index is 11.0. The minimum absolute atomic E-state index is 0.357. The minimum atomic E-state index is -0.829. The molecular formula is C14H17N3O3. The number of pyridine rings is 1. The number of carboxylic acid groups (broad SMARTS) is 1. The molecule has 106 valence electrons. The molecule has 0 unspecified atom stereocenters. The summed E-state index contributed by atoms with van der Waals surface area (Å²) in [6.07, 6.45) is 6.34. The fraction of sp³-hybridized carbons (Fsp3) is 0.429. The number of nitrogens with zero attached hydrogens (tertiary/aromatic N) is 2. The van der Waals surface area contributed by atoms with E-state index >= 15 is 0 Å². The number of ether oxygens (including phenoxy) is 1. The van der Waals surface area contributed by atoms with Crippen molar-refractivity contribution in [2.45, 2.75) is 18.8 Å². The van der Waals surface area contributed by atoms with E-state index in [9.17, 15) is 4.79 Å². The van der Waals surface area contributed by atoms with Crippen LogP contribution in [0, 0.1) is 0 Å². The molecule has 0 spiro atoms. The molecular weight excluding hydrogens is 258 g/mol. The van der Waals surface area contributed by atoms with Crippen LogP contribution in [0.4, 0.5) is 4.79 Å². The van der Waals surface area contributed by atoms with Crippen LogP contribution in [-0.2, 0) is 0 Å². The van der Waals surface area contributed by atoms with E-state index in [0.717, 1.165) is 29.5 Å². The van der Waals surface area contributed by atoms with Gasteiger partial charge in [-0.1, -0.05) is 0 Å². The van der Waals surface area contributed by atoms with Crippen molar-refractivity contribution in [2.75, 3.05) is 20.2 Å². The summed E-state index contributed by atoms with van der Waals surface area (Å²) in [7, 11) is 1.64. The zero-order valence-electron chi connectivity index (χ0n) is 11.3. The number of hydrogen-bond donors (Lipinski definition) is 2. The number of rotatable bonds is 2. The lowest BCUT2D eigenvalue weighted by Crippen LogP contribution is -2.36. The molecule has 0 saturated carbocycles. The number of methoxy groups -OCH3 is 1. The second kappa shape index (κ2) is 5.03. The molecule has 1 aliphatic heterocycles. The topological polar surface area (TPSA) is 78.5 Å². The molecule has 0 aliphatic carbocycles. The Kier molecular flexibility index (Phi) is 3.22. The van der Waals surface area contributed by atoms with Gasteiger partial charge in [-0.25, -0.2) is 4.79 Å². The summed E-state index contributed by atoms with van der Waals surface area (Å²) in [5.41, 5.74) is 2.16. The van der Waals surface area contributed by atoms with Crippen LogP contribution in [0.15, 0.2) is 18.6 Å². The standard InChI is InChI=1S/C14H17N3O3/c1-20-12-8-15-7-11-13(12)10(6-16-11)9-2-4-17(5-3-9)14(18)19/h6-9,16H,2-5H2,1H3,(H,18,19). The molecule has 0 aromatic carbocycles. The third kappa shape index (κ3) is 2.07. The maximum Gasteiger partial charge on any atom is 0.407 e. The van der Waals surface area contributed by atoms with Crippen LogP contribution < -0.4 is 4.74 Å². The highest BCUT2D eigenvalue weighted by Gasteiger charge is 2.26. The van der Waals surface area contributed by atoms with E-state index in [-0.39, 0.29) is 0 Å². The Morgan fingerprint density at radius 1 is 1.45 bits per heavy atom. The Morgan fingerprint density at radius 2 is 2.20 bits per heavy atom. The number of amides is 1. The molecule has 0 bridgehead atoms. The molecule has 0 radical (unpaired) electrons. The van der Waals surface area contributed by atoms with Crippen molar-refractivity contribution in [1.82, 2.24) is 14.9 Å². The lowest BCUT2D eigenvalue weighted by Gasteiger charge is -2.29. The van der Waals surface area contributed by atoms with E-state index in [1.54, 1.807) is 19.5 Å². The second-order valence-electron chi connectivity index (χ2n) is 5.05. The lowest BCUT2D eigenvalue weighted by atomic mass is 9.89. The molecule has 1 amide bonds. The van der Waals surface area contributed by atoms with Crippen LogP contribution in [0.5, 0.6) is 5.75 Å². The van der Waals surface area contributed by atoms with E-state index in [1.807, 2.05) is 6.20 Å². The molecule has 0 atom stereocenters. The largest absolute Gasteiger partial charge is 0.494 e. The molecule has 2 N–H and O–H groups in total. The van der Waals surface area contributed by atoms with Gasteiger partial charge in [0.25, 0.3) is 0 Å². The summed E-state index contributed by atoms with van der Waals surface area (Å²) in [6.45, 7) is 1.17. The quantitative estimate of drug-likeness (QED) is 0.882. The molecule has 2 aromatic rings. The van der Waals surface area contributed by atoms with Crippen LogP contribution >= 0.6 is 0 Å². The van der Waals surface area contributed by atoms with Crippen LogP contribution in [0.3, 0.4) is 0 Å². The van der Waals surface area contributed by atoms with Gasteiger partial charge < -0.3 is 19.7 Å². The van der Waals surface area contributed by atoms with Gasteiger partial charge in [-0.05, 0) is 24.3 Å². The van der Waals surface area contributed by atoms with Gasteiger partial charge in [0, 0.05) is 24.7 Å². The maximum absolute atomic E-state index is 11.0. The summed E-state index contributed by atoms with van der Waals surface area (Å²) in [5.74, 6) is 1.12. The zero-order chi connectivity index (χ0) is 14.1. The fourth-order valence-electron chi connectivity index (χ4n) is 2.93. The summed E-state index contributed by atoms with van der Waals surface area (Å²) in [6, 6.07) is 0. The van der Waals surface area contributed by atoms with Crippen molar-refractivity contribution in [3.63, 3.8) is 0 Å². The number of carbonyl (C=O) groups is 1. The van der Waals surface area contributed by atoms with E-state index in [4.69, 9.17) is 9.84 Å². The van der Waals surface area contributed by atoms with Gasteiger partial charge in [-0.3, -0.25) is 4.98 Å². The molecule has 1 fully saturated rings. The number of likely N-dealkylation sites (tertiary alicyclic amines) is 1. The van der Waals surface area contributed by atoms with Crippen LogP contribution in [0.1, 0.15) is 24.3 Å². The van der Waals surface area contributed by atoms with Crippen molar-refractivity contribution in [1.29, 1.82) is 0 Å². The van der Waals surface area contributed by atoms with Gasteiger partial charge in [-0.2, -0.15) is 0 Å². The minimum Gasteiger partial charge on any atom is -0.494 e. The van der Waals surface area contributed by atoms with Gasteiger partial charge in [0.2, 0.25) is 0 Å². The second-order valence-corrected chi connectivity index (χ2v) is 5.05. The number of hydrogen-bond acceptors (Lipinski definition) is 3. The fourth-order valence-corrected chi connectivity index (χ4v) is 2.93. The molecule has 3 heterocycles. The Labute approximate surface area is 116 Å². The lowest BCUT2D eigenvalue weighted by molar-refractivity contribution is 0.132. The highest BCUT2D eigenvalue weighted by Crippen LogP contribution is 2.36. The summed E-state index contributed by atoms with van der Waals surface area (Å²) in [4.78, 5) is 19.8. The number of piperidine rings is 1.